The fraction of sp³-hybridized carbons (Fsp3) is 0.0213. The molecule has 0 saturated carbocycles. The van der Waals surface area contributed by atoms with E-state index in [1.54, 1.807) is 0 Å². The van der Waals surface area contributed by atoms with E-state index in [0.717, 1.165) is 11.4 Å². The van der Waals surface area contributed by atoms with Gasteiger partial charge in [0.05, 0.1) is 5.41 Å². The van der Waals surface area contributed by atoms with Crippen LogP contribution in [0.1, 0.15) is 22.3 Å². The Balaban J connectivity index is 1.04. The summed E-state index contributed by atoms with van der Waals surface area (Å²) in [6.07, 6.45) is 0. The van der Waals surface area contributed by atoms with Crippen LogP contribution < -0.4 is 5.32 Å². The van der Waals surface area contributed by atoms with Crippen molar-refractivity contribution in [3.63, 3.8) is 0 Å². The topological polar surface area (TPSA) is 12.0 Å². The van der Waals surface area contributed by atoms with Crippen molar-refractivity contribution in [3.8, 4) is 44.5 Å². The highest BCUT2D eigenvalue weighted by Crippen LogP contribution is 2.62. The first-order chi connectivity index (χ1) is 23.8. The molecule has 0 aliphatic heterocycles. The molecule has 0 fully saturated rings. The van der Waals surface area contributed by atoms with Crippen LogP contribution in [0.5, 0.6) is 0 Å². The van der Waals surface area contributed by atoms with E-state index >= 15 is 0 Å². The normalized spacial score (nSPS) is 13.2. The SMILES string of the molecule is c1ccc(-c2cccc3cccc(-c4ccc(Nc5ccc6c(c5)-c5ccccc5C65c6ccccc6-c6ccccc65)cc4)c23)cc1. The summed E-state index contributed by atoms with van der Waals surface area (Å²) in [5, 5.41) is 6.27. The van der Waals surface area contributed by atoms with Crippen molar-refractivity contribution in [2.75, 3.05) is 5.32 Å². The molecule has 0 unspecified atom stereocenters. The molecule has 0 saturated heterocycles. The van der Waals surface area contributed by atoms with Crippen LogP contribution in [0.15, 0.2) is 182 Å². The summed E-state index contributed by atoms with van der Waals surface area (Å²) in [6, 6.07) is 66.6. The predicted molar refractivity (Wildman–Crippen MR) is 201 cm³/mol. The maximum absolute atomic E-state index is 3.73. The van der Waals surface area contributed by atoms with E-state index < -0.39 is 0 Å². The molecule has 0 bridgehead atoms. The van der Waals surface area contributed by atoms with Crippen molar-refractivity contribution in [1.82, 2.24) is 0 Å². The average molecular weight is 610 g/mol. The Hall–Kier alpha value is -6.18. The standard InChI is InChI=1S/C47H31N/c1-2-12-31(13-3-1)36-19-10-14-33-15-11-20-37(46(33)36)32-24-26-34(27-25-32)48-35-28-29-45-41(30-35)40-18-6-9-23-44(40)47(45)42-21-7-4-16-38(42)39-17-5-8-22-43(39)47/h1-30,48H. The molecule has 0 aromatic heterocycles. The zero-order valence-corrected chi connectivity index (χ0v) is 26.3. The van der Waals surface area contributed by atoms with Gasteiger partial charge in [0.25, 0.3) is 0 Å². The second kappa shape index (κ2) is 10.4. The van der Waals surface area contributed by atoms with Gasteiger partial charge in [-0.05, 0) is 102 Å². The number of nitrogens with one attached hydrogen (secondary N) is 1. The number of anilines is 2. The third-order valence-corrected chi connectivity index (χ3v) is 10.5. The number of hydrogen-bond acceptors (Lipinski definition) is 1. The Morgan fingerprint density at radius 3 is 1.38 bits per heavy atom. The molecule has 0 heterocycles. The lowest BCUT2D eigenvalue weighted by molar-refractivity contribution is 0.794. The summed E-state index contributed by atoms with van der Waals surface area (Å²) >= 11 is 0. The minimum atomic E-state index is -0.309. The third-order valence-electron chi connectivity index (χ3n) is 10.5. The van der Waals surface area contributed by atoms with Gasteiger partial charge in [0.1, 0.15) is 0 Å². The summed E-state index contributed by atoms with van der Waals surface area (Å²) in [6.45, 7) is 0. The second-order valence-corrected chi connectivity index (χ2v) is 12.9. The Morgan fingerprint density at radius 2 is 0.771 bits per heavy atom. The first-order valence-corrected chi connectivity index (χ1v) is 16.7. The van der Waals surface area contributed by atoms with E-state index in [0.29, 0.717) is 0 Å². The lowest BCUT2D eigenvalue weighted by Crippen LogP contribution is -2.25. The van der Waals surface area contributed by atoms with Gasteiger partial charge >= 0.3 is 0 Å². The van der Waals surface area contributed by atoms with Crippen molar-refractivity contribution in [2.24, 2.45) is 0 Å². The fourth-order valence-electron chi connectivity index (χ4n) is 8.52. The molecule has 1 spiro atoms. The van der Waals surface area contributed by atoms with E-state index in [2.05, 4.69) is 187 Å². The quantitative estimate of drug-likeness (QED) is 0.209. The molecule has 8 aromatic carbocycles. The van der Waals surface area contributed by atoms with Crippen LogP contribution in [0.2, 0.25) is 0 Å². The van der Waals surface area contributed by atoms with Crippen molar-refractivity contribution in [3.05, 3.63) is 204 Å². The predicted octanol–water partition coefficient (Wildman–Crippen LogP) is 12.3. The minimum Gasteiger partial charge on any atom is -0.356 e. The van der Waals surface area contributed by atoms with Crippen LogP contribution in [-0.4, -0.2) is 0 Å². The highest BCUT2D eigenvalue weighted by Gasteiger charge is 2.51. The molecule has 1 heteroatoms. The molecule has 2 aliphatic carbocycles. The van der Waals surface area contributed by atoms with Crippen LogP contribution in [0, 0.1) is 0 Å². The number of rotatable bonds is 4. The third kappa shape index (κ3) is 3.79. The van der Waals surface area contributed by atoms with Crippen LogP contribution in [0.4, 0.5) is 11.4 Å². The van der Waals surface area contributed by atoms with Gasteiger partial charge in [-0.2, -0.15) is 0 Å². The maximum Gasteiger partial charge on any atom is 0.0725 e. The molecule has 1 nitrogen and oxygen atoms in total. The molecular weight excluding hydrogens is 579 g/mol. The van der Waals surface area contributed by atoms with E-state index in [1.807, 2.05) is 0 Å². The Morgan fingerprint density at radius 1 is 0.312 bits per heavy atom. The minimum absolute atomic E-state index is 0.309. The van der Waals surface area contributed by atoms with Crippen molar-refractivity contribution < 1.29 is 0 Å². The molecule has 0 amide bonds. The highest BCUT2D eigenvalue weighted by atomic mass is 14.9. The van der Waals surface area contributed by atoms with E-state index in [9.17, 15) is 0 Å². The first kappa shape index (κ1) is 27.0. The lowest BCUT2D eigenvalue weighted by atomic mass is 9.70. The lowest BCUT2D eigenvalue weighted by Gasteiger charge is -2.30. The van der Waals surface area contributed by atoms with Crippen molar-refractivity contribution >= 4 is 22.1 Å². The first-order valence-electron chi connectivity index (χ1n) is 16.7. The van der Waals surface area contributed by atoms with Crippen molar-refractivity contribution in [2.45, 2.75) is 5.41 Å². The van der Waals surface area contributed by atoms with Crippen LogP contribution in [0.25, 0.3) is 55.3 Å². The summed E-state index contributed by atoms with van der Waals surface area (Å²) in [7, 11) is 0. The molecule has 10 rings (SSSR count). The number of benzene rings is 8. The molecule has 2 aliphatic rings. The van der Waals surface area contributed by atoms with Gasteiger partial charge in [0, 0.05) is 11.4 Å². The second-order valence-electron chi connectivity index (χ2n) is 12.9. The molecule has 1 N–H and O–H groups in total. The Labute approximate surface area is 280 Å². The molecule has 224 valence electrons. The monoisotopic (exact) mass is 609 g/mol. The van der Waals surface area contributed by atoms with Gasteiger partial charge in [-0.1, -0.05) is 158 Å². The molecule has 0 radical (unpaired) electrons. The zero-order chi connectivity index (χ0) is 31.7. The van der Waals surface area contributed by atoms with Crippen LogP contribution in [0.3, 0.4) is 0 Å². The van der Waals surface area contributed by atoms with E-state index in [4.69, 9.17) is 0 Å². The summed E-state index contributed by atoms with van der Waals surface area (Å²) in [4.78, 5) is 0. The Bertz CT molecular complexity index is 2470. The van der Waals surface area contributed by atoms with Gasteiger partial charge < -0.3 is 5.32 Å². The summed E-state index contributed by atoms with van der Waals surface area (Å²) in [5.41, 5.74) is 17.5. The molecule has 0 atom stereocenters. The number of fused-ring (bicyclic) bond motifs is 11. The zero-order valence-electron chi connectivity index (χ0n) is 26.3. The number of hydrogen-bond donors (Lipinski definition) is 1. The van der Waals surface area contributed by atoms with Gasteiger partial charge in [0.2, 0.25) is 0 Å². The molecule has 8 aromatic rings. The maximum atomic E-state index is 3.73. The molecular formula is C47H31N. The smallest absolute Gasteiger partial charge is 0.0725 e. The largest absolute Gasteiger partial charge is 0.356 e. The van der Waals surface area contributed by atoms with Crippen LogP contribution >= 0.6 is 0 Å². The van der Waals surface area contributed by atoms with Gasteiger partial charge in [-0.15, -0.1) is 0 Å². The van der Waals surface area contributed by atoms with Crippen molar-refractivity contribution in [1.29, 1.82) is 0 Å². The summed E-state index contributed by atoms with van der Waals surface area (Å²) in [5.74, 6) is 0. The van der Waals surface area contributed by atoms with E-state index in [-0.39, 0.29) is 5.41 Å². The Kier molecular flexibility index (Phi) is 5.86. The van der Waals surface area contributed by atoms with Gasteiger partial charge in [0.15, 0.2) is 0 Å². The van der Waals surface area contributed by atoms with Crippen LogP contribution in [-0.2, 0) is 5.41 Å². The van der Waals surface area contributed by atoms with Gasteiger partial charge in [-0.25, -0.2) is 0 Å². The molecule has 48 heavy (non-hydrogen) atoms. The average Bonchev–Trinajstić information content (AvgIpc) is 3.62. The highest BCUT2D eigenvalue weighted by molar-refractivity contribution is 6.06. The van der Waals surface area contributed by atoms with E-state index in [1.165, 1.54) is 77.5 Å². The summed E-state index contributed by atoms with van der Waals surface area (Å²) < 4.78 is 0. The van der Waals surface area contributed by atoms with Gasteiger partial charge in [-0.3, -0.25) is 0 Å². The fourth-order valence-corrected chi connectivity index (χ4v) is 8.52.